The second kappa shape index (κ2) is 7.02. The monoisotopic (exact) mass is 322 g/mol. The number of nitrogen functional groups attached to an aromatic ring is 2. The number of aromatic nitrogens is 2. The van der Waals surface area contributed by atoms with Crippen LogP contribution >= 0.6 is 24.8 Å². The molecule has 4 N–H and O–H groups in total. The molecule has 0 atom stereocenters. The van der Waals surface area contributed by atoms with Gasteiger partial charge in [0.1, 0.15) is 5.82 Å². The number of hydrogen-bond donors (Lipinski definition) is 2. The molecule has 3 aromatic rings. The van der Waals surface area contributed by atoms with E-state index in [2.05, 4.69) is 5.10 Å². The van der Waals surface area contributed by atoms with E-state index in [-0.39, 0.29) is 24.8 Å². The molecule has 0 radical (unpaired) electrons. The quantitative estimate of drug-likeness (QED) is 0.709. The first-order valence-corrected chi connectivity index (χ1v) is 6.01. The van der Waals surface area contributed by atoms with Gasteiger partial charge in [-0.3, -0.25) is 0 Å². The Morgan fingerprint density at radius 1 is 0.810 bits per heavy atom. The molecular formula is C15H16Cl2N4. The highest BCUT2D eigenvalue weighted by molar-refractivity contribution is 5.85. The summed E-state index contributed by atoms with van der Waals surface area (Å²) >= 11 is 0. The van der Waals surface area contributed by atoms with E-state index >= 15 is 0 Å². The Morgan fingerprint density at radius 2 is 1.43 bits per heavy atom. The van der Waals surface area contributed by atoms with Crippen molar-refractivity contribution in [2.45, 2.75) is 0 Å². The van der Waals surface area contributed by atoms with Gasteiger partial charge in [-0.25, -0.2) is 4.68 Å². The Hall–Kier alpha value is -2.17. The molecule has 3 rings (SSSR count). The molecule has 2 aromatic carbocycles. The molecular weight excluding hydrogens is 307 g/mol. The third-order valence-corrected chi connectivity index (χ3v) is 2.94. The van der Waals surface area contributed by atoms with Crippen LogP contribution in [0.1, 0.15) is 0 Å². The van der Waals surface area contributed by atoms with Crippen LogP contribution in [-0.4, -0.2) is 9.78 Å². The van der Waals surface area contributed by atoms with Crippen LogP contribution in [0.5, 0.6) is 0 Å². The van der Waals surface area contributed by atoms with Crippen LogP contribution in [-0.2, 0) is 0 Å². The van der Waals surface area contributed by atoms with Crippen LogP contribution in [0.3, 0.4) is 0 Å². The molecule has 0 fully saturated rings. The van der Waals surface area contributed by atoms with E-state index in [0.29, 0.717) is 5.82 Å². The van der Waals surface area contributed by atoms with Crippen LogP contribution in [0.2, 0.25) is 0 Å². The van der Waals surface area contributed by atoms with Crippen molar-refractivity contribution in [2.75, 3.05) is 11.5 Å². The predicted octanol–water partition coefficient (Wildman–Crippen LogP) is 3.55. The van der Waals surface area contributed by atoms with Crippen molar-refractivity contribution in [3.63, 3.8) is 0 Å². The van der Waals surface area contributed by atoms with Crippen molar-refractivity contribution in [1.29, 1.82) is 0 Å². The number of benzene rings is 2. The lowest BCUT2D eigenvalue weighted by Gasteiger charge is -2.02. The molecule has 0 aliphatic carbocycles. The number of halogens is 2. The zero-order chi connectivity index (χ0) is 13.2. The molecule has 0 saturated heterocycles. The summed E-state index contributed by atoms with van der Waals surface area (Å²) in [4.78, 5) is 0. The molecule has 0 amide bonds. The molecule has 110 valence electrons. The summed E-state index contributed by atoms with van der Waals surface area (Å²) < 4.78 is 1.73. The number of para-hydroxylation sites is 1. The van der Waals surface area contributed by atoms with E-state index in [9.17, 15) is 0 Å². The summed E-state index contributed by atoms with van der Waals surface area (Å²) in [5.41, 5.74) is 15.2. The SMILES string of the molecule is Cl.Cl.Nc1ccc(-c2cc(N)n(-c3ccccc3)n2)cc1. The Balaban J connectivity index is 0.00000110. The molecule has 0 bridgehead atoms. The number of rotatable bonds is 2. The van der Waals surface area contributed by atoms with E-state index in [1.807, 2.05) is 60.7 Å². The first kappa shape index (κ1) is 16.9. The molecule has 0 spiro atoms. The summed E-state index contributed by atoms with van der Waals surface area (Å²) in [7, 11) is 0. The fourth-order valence-electron chi connectivity index (χ4n) is 1.97. The second-order valence-corrected chi connectivity index (χ2v) is 4.32. The summed E-state index contributed by atoms with van der Waals surface area (Å²) in [6.07, 6.45) is 0. The third kappa shape index (κ3) is 3.48. The minimum atomic E-state index is 0. The lowest BCUT2D eigenvalue weighted by molar-refractivity contribution is 0.895. The molecule has 6 heteroatoms. The van der Waals surface area contributed by atoms with Crippen LogP contribution in [0.4, 0.5) is 11.5 Å². The smallest absolute Gasteiger partial charge is 0.127 e. The molecule has 0 aliphatic heterocycles. The normalized spacial score (nSPS) is 9.52. The Kier molecular flexibility index (Phi) is 5.64. The second-order valence-electron chi connectivity index (χ2n) is 4.32. The van der Waals surface area contributed by atoms with Crippen molar-refractivity contribution in [2.24, 2.45) is 0 Å². The average Bonchev–Trinajstić information content (AvgIpc) is 2.83. The van der Waals surface area contributed by atoms with Crippen LogP contribution in [0.15, 0.2) is 60.7 Å². The molecule has 0 saturated carbocycles. The zero-order valence-electron chi connectivity index (χ0n) is 11.1. The van der Waals surface area contributed by atoms with Gasteiger partial charge in [-0.1, -0.05) is 30.3 Å². The Labute approximate surface area is 135 Å². The topological polar surface area (TPSA) is 69.9 Å². The Bertz CT molecular complexity index is 693. The van der Waals surface area contributed by atoms with Gasteiger partial charge in [0.25, 0.3) is 0 Å². The van der Waals surface area contributed by atoms with Crippen molar-refractivity contribution in [3.05, 3.63) is 60.7 Å². The summed E-state index contributed by atoms with van der Waals surface area (Å²) in [5.74, 6) is 0.609. The first-order valence-electron chi connectivity index (χ1n) is 6.01. The van der Waals surface area contributed by atoms with Gasteiger partial charge >= 0.3 is 0 Å². The van der Waals surface area contributed by atoms with Gasteiger partial charge in [0.2, 0.25) is 0 Å². The van der Waals surface area contributed by atoms with Gasteiger partial charge in [0.05, 0.1) is 11.4 Å². The maximum absolute atomic E-state index is 6.02. The summed E-state index contributed by atoms with van der Waals surface area (Å²) in [6, 6.07) is 19.3. The average molecular weight is 323 g/mol. The maximum atomic E-state index is 6.02. The van der Waals surface area contributed by atoms with Gasteiger partial charge in [0.15, 0.2) is 0 Å². The van der Waals surface area contributed by atoms with Crippen LogP contribution in [0, 0.1) is 0 Å². The van der Waals surface area contributed by atoms with Gasteiger partial charge in [-0.2, -0.15) is 5.10 Å². The standard InChI is InChI=1S/C15H14N4.2ClH/c16-12-8-6-11(7-9-12)14-10-15(17)19(18-14)13-4-2-1-3-5-13;;/h1-10H,16-17H2;2*1H. The number of nitrogens with zero attached hydrogens (tertiary/aromatic N) is 2. The van der Waals surface area contributed by atoms with Crippen LogP contribution in [0.25, 0.3) is 16.9 Å². The first-order chi connectivity index (χ1) is 9.24. The van der Waals surface area contributed by atoms with Gasteiger partial charge < -0.3 is 11.5 Å². The van der Waals surface area contributed by atoms with Gasteiger partial charge in [-0.05, 0) is 24.3 Å². The Morgan fingerprint density at radius 3 is 2.05 bits per heavy atom. The van der Waals surface area contributed by atoms with Crippen molar-refractivity contribution < 1.29 is 0 Å². The lowest BCUT2D eigenvalue weighted by atomic mass is 10.1. The highest BCUT2D eigenvalue weighted by atomic mass is 35.5. The predicted molar refractivity (Wildman–Crippen MR) is 92.3 cm³/mol. The van der Waals surface area contributed by atoms with Gasteiger partial charge in [0, 0.05) is 17.3 Å². The minimum Gasteiger partial charge on any atom is -0.399 e. The zero-order valence-corrected chi connectivity index (χ0v) is 12.8. The fraction of sp³-hybridized carbons (Fsp3) is 0. The minimum absolute atomic E-state index is 0. The summed E-state index contributed by atoms with van der Waals surface area (Å²) in [5, 5.41) is 4.53. The number of hydrogen-bond acceptors (Lipinski definition) is 3. The largest absolute Gasteiger partial charge is 0.399 e. The van der Waals surface area contributed by atoms with Gasteiger partial charge in [-0.15, -0.1) is 24.8 Å². The molecule has 1 aromatic heterocycles. The molecule has 21 heavy (non-hydrogen) atoms. The van der Waals surface area contributed by atoms with Crippen LogP contribution < -0.4 is 11.5 Å². The van der Waals surface area contributed by atoms with E-state index in [1.54, 1.807) is 4.68 Å². The third-order valence-electron chi connectivity index (χ3n) is 2.94. The highest BCUT2D eigenvalue weighted by Crippen LogP contribution is 2.23. The van der Waals surface area contributed by atoms with Crippen molar-refractivity contribution >= 4 is 36.3 Å². The van der Waals surface area contributed by atoms with E-state index in [4.69, 9.17) is 11.5 Å². The number of nitrogens with two attached hydrogens (primary N) is 2. The van der Waals surface area contributed by atoms with E-state index < -0.39 is 0 Å². The highest BCUT2D eigenvalue weighted by Gasteiger charge is 2.08. The molecule has 0 aliphatic rings. The van der Waals surface area contributed by atoms with Crippen molar-refractivity contribution in [3.8, 4) is 16.9 Å². The molecule has 1 heterocycles. The van der Waals surface area contributed by atoms with E-state index in [1.165, 1.54) is 0 Å². The molecule has 0 unspecified atom stereocenters. The maximum Gasteiger partial charge on any atom is 0.127 e. The number of anilines is 2. The fourth-order valence-corrected chi connectivity index (χ4v) is 1.97. The van der Waals surface area contributed by atoms with Crippen molar-refractivity contribution in [1.82, 2.24) is 9.78 Å². The van der Waals surface area contributed by atoms with E-state index in [0.717, 1.165) is 22.6 Å². The summed E-state index contributed by atoms with van der Waals surface area (Å²) in [6.45, 7) is 0. The molecule has 4 nitrogen and oxygen atoms in total. The lowest BCUT2D eigenvalue weighted by Crippen LogP contribution is -2.01.